The van der Waals surface area contributed by atoms with Gasteiger partial charge in [0.25, 0.3) is 0 Å². The van der Waals surface area contributed by atoms with Gasteiger partial charge in [0.1, 0.15) is 0 Å². The van der Waals surface area contributed by atoms with Gasteiger partial charge in [0.15, 0.2) is 0 Å². The summed E-state index contributed by atoms with van der Waals surface area (Å²) in [6.07, 6.45) is 1.91. The van der Waals surface area contributed by atoms with Gasteiger partial charge in [-0.3, -0.25) is 0 Å². The third kappa shape index (κ3) is 2.10. The third-order valence-corrected chi connectivity index (χ3v) is 2.79. The van der Waals surface area contributed by atoms with E-state index in [1.165, 1.54) is 0 Å². The van der Waals surface area contributed by atoms with Crippen molar-refractivity contribution in [3.05, 3.63) is 46.7 Å². The molecule has 1 unspecified atom stereocenters. The van der Waals surface area contributed by atoms with E-state index < -0.39 is 0 Å². The van der Waals surface area contributed by atoms with Crippen molar-refractivity contribution in [3.8, 4) is 5.69 Å². The van der Waals surface area contributed by atoms with Gasteiger partial charge in [0, 0.05) is 17.3 Å². The minimum Gasteiger partial charge on any atom is -0.324 e. The van der Waals surface area contributed by atoms with Gasteiger partial charge < -0.3 is 5.73 Å². The molecular weight excluding hydrogens is 222 g/mol. The van der Waals surface area contributed by atoms with Gasteiger partial charge in [-0.2, -0.15) is 5.10 Å². The molecule has 0 saturated heterocycles. The first-order valence-corrected chi connectivity index (χ1v) is 5.53. The van der Waals surface area contributed by atoms with Crippen LogP contribution in [0.1, 0.15) is 24.2 Å². The van der Waals surface area contributed by atoms with Gasteiger partial charge in [-0.05, 0) is 37.6 Å². The number of hydrogen-bond acceptors (Lipinski definition) is 2. The second-order valence-electron chi connectivity index (χ2n) is 3.90. The van der Waals surface area contributed by atoms with Crippen LogP contribution in [0.15, 0.2) is 30.5 Å². The molecule has 84 valence electrons. The SMILES string of the molecule is Cc1ccn(-c2ccc(C(C)N)c(Cl)c2)n1. The highest BCUT2D eigenvalue weighted by atomic mass is 35.5. The van der Waals surface area contributed by atoms with Crippen molar-refractivity contribution in [1.29, 1.82) is 0 Å². The molecule has 1 aromatic carbocycles. The number of hydrogen-bond donors (Lipinski definition) is 1. The van der Waals surface area contributed by atoms with Gasteiger partial charge in [0.2, 0.25) is 0 Å². The van der Waals surface area contributed by atoms with Gasteiger partial charge in [0.05, 0.1) is 11.4 Å². The normalized spacial score (nSPS) is 12.8. The van der Waals surface area contributed by atoms with Crippen molar-refractivity contribution in [2.75, 3.05) is 0 Å². The zero-order valence-corrected chi connectivity index (χ0v) is 10.1. The Morgan fingerprint density at radius 3 is 2.62 bits per heavy atom. The van der Waals surface area contributed by atoms with Crippen molar-refractivity contribution in [1.82, 2.24) is 9.78 Å². The quantitative estimate of drug-likeness (QED) is 0.870. The molecule has 3 nitrogen and oxygen atoms in total. The molecule has 0 bridgehead atoms. The summed E-state index contributed by atoms with van der Waals surface area (Å²) in [7, 11) is 0. The first-order chi connectivity index (χ1) is 7.58. The van der Waals surface area contributed by atoms with E-state index in [0.29, 0.717) is 5.02 Å². The van der Waals surface area contributed by atoms with E-state index in [-0.39, 0.29) is 6.04 Å². The van der Waals surface area contributed by atoms with E-state index in [0.717, 1.165) is 16.9 Å². The topological polar surface area (TPSA) is 43.8 Å². The van der Waals surface area contributed by atoms with E-state index in [2.05, 4.69) is 5.10 Å². The molecule has 2 aromatic rings. The lowest BCUT2D eigenvalue weighted by Crippen LogP contribution is -2.06. The Labute approximate surface area is 99.8 Å². The molecule has 0 aliphatic carbocycles. The van der Waals surface area contributed by atoms with Crippen LogP contribution < -0.4 is 5.73 Å². The molecule has 0 fully saturated rings. The number of aryl methyl sites for hydroxylation is 1. The molecule has 0 amide bonds. The number of benzene rings is 1. The average molecular weight is 236 g/mol. The highest BCUT2D eigenvalue weighted by Gasteiger charge is 2.07. The molecule has 0 spiro atoms. The third-order valence-electron chi connectivity index (χ3n) is 2.46. The van der Waals surface area contributed by atoms with Crippen molar-refractivity contribution < 1.29 is 0 Å². The largest absolute Gasteiger partial charge is 0.324 e. The van der Waals surface area contributed by atoms with Gasteiger partial charge in [-0.1, -0.05) is 17.7 Å². The monoisotopic (exact) mass is 235 g/mol. The fraction of sp³-hybridized carbons (Fsp3) is 0.250. The van der Waals surface area contributed by atoms with Crippen molar-refractivity contribution in [3.63, 3.8) is 0 Å². The smallest absolute Gasteiger partial charge is 0.0660 e. The van der Waals surface area contributed by atoms with Crippen molar-refractivity contribution >= 4 is 11.6 Å². The summed E-state index contributed by atoms with van der Waals surface area (Å²) in [5.41, 5.74) is 8.68. The molecule has 0 aliphatic rings. The summed E-state index contributed by atoms with van der Waals surface area (Å²) in [4.78, 5) is 0. The van der Waals surface area contributed by atoms with Crippen LogP contribution in [0, 0.1) is 6.92 Å². The maximum Gasteiger partial charge on any atom is 0.0660 e. The van der Waals surface area contributed by atoms with Crippen LogP contribution in [0.25, 0.3) is 5.69 Å². The summed E-state index contributed by atoms with van der Waals surface area (Å²) in [6, 6.07) is 7.69. The van der Waals surface area contributed by atoms with Crippen LogP contribution in [0.4, 0.5) is 0 Å². The molecule has 2 N–H and O–H groups in total. The maximum atomic E-state index is 6.16. The standard InChI is InChI=1S/C12H14ClN3/c1-8-5-6-16(15-8)10-3-4-11(9(2)14)12(13)7-10/h3-7,9H,14H2,1-2H3. The first-order valence-electron chi connectivity index (χ1n) is 5.15. The Morgan fingerprint density at radius 2 is 2.12 bits per heavy atom. The molecular formula is C12H14ClN3. The molecule has 0 radical (unpaired) electrons. The van der Waals surface area contributed by atoms with Crippen LogP contribution in [0.3, 0.4) is 0 Å². The molecule has 2 rings (SSSR count). The van der Waals surface area contributed by atoms with Crippen molar-refractivity contribution in [2.24, 2.45) is 5.73 Å². The van der Waals surface area contributed by atoms with Crippen LogP contribution in [-0.2, 0) is 0 Å². The molecule has 4 heteroatoms. The molecule has 1 atom stereocenters. The van der Waals surface area contributed by atoms with Gasteiger partial charge in [-0.15, -0.1) is 0 Å². The number of rotatable bonds is 2. The van der Waals surface area contributed by atoms with E-state index in [1.807, 2.05) is 44.3 Å². The van der Waals surface area contributed by atoms with Crippen LogP contribution in [-0.4, -0.2) is 9.78 Å². The van der Waals surface area contributed by atoms with E-state index >= 15 is 0 Å². The fourth-order valence-corrected chi connectivity index (χ4v) is 1.93. The van der Waals surface area contributed by atoms with Crippen LogP contribution >= 0.6 is 11.6 Å². The highest BCUT2D eigenvalue weighted by Crippen LogP contribution is 2.24. The predicted octanol–water partition coefficient (Wildman–Crippen LogP) is 2.85. The molecule has 1 aromatic heterocycles. The lowest BCUT2D eigenvalue weighted by atomic mass is 10.1. The van der Waals surface area contributed by atoms with Crippen molar-refractivity contribution in [2.45, 2.75) is 19.9 Å². The average Bonchev–Trinajstić information content (AvgIpc) is 2.64. The lowest BCUT2D eigenvalue weighted by molar-refractivity contribution is 0.813. The van der Waals surface area contributed by atoms with Crippen LogP contribution in [0.5, 0.6) is 0 Å². The van der Waals surface area contributed by atoms with Crippen LogP contribution in [0.2, 0.25) is 5.02 Å². The number of aromatic nitrogens is 2. The van der Waals surface area contributed by atoms with E-state index in [4.69, 9.17) is 17.3 Å². The number of halogens is 1. The highest BCUT2D eigenvalue weighted by molar-refractivity contribution is 6.31. The molecule has 1 heterocycles. The Kier molecular flexibility index (Phi) is 2.99. The number of nitrogens with zero attached hydrogens (tertiary/aromatic N) is 2. The van der Waals surface area contributed by atoms with Gasteiger partial charge in [-0.25, -0.2) is 4.68 Å². The van der Waals surface area contributed by atoms with E-state index in [1.54, 1.807) is 4.68 Å². The molecule has 0 aliphatic heterocycles. The minimum atomic E-state index is -0.0547. The number of nitrogens with two attached hydrogens (primary N) is 1. The summed E-state index contributed by atoms with van der Waals surface area (Å²) in [5.74, 6) is 0. The summed E-state index contributed by atoms with van der Waals surface area (Å²) < 4.78 is 1.80. The Morgan fingerprint density at radius 1 is 1.38 bits per heavy atom. The van der Waals surface area contributed by atoms with E-state index in [9.17, 15) is 0 Å². The molecule has 16 heavy (non-hydrogen) atoms. The Bertz CT molecular complexity index is 503. The lowest BCUT2D eigenvalue weighted by Gasteiger charge is -2.10. The Hall–Kier alpha value is -1.32. The summed E-state index contributed by atoms with van der Waals surface area (Å²) in [5, 5.41) is 5.00. The zero-order valence-electron chi connectivity index (χ0n) is 9.31. The molecule has 0 saturated carbocycles. The first kappa shape index (κ1) is 11.2. The maximum absolute atomic E-state index is 6.16. The fourth-order valence-electron chi connectivity index (χ4n) is 1.59. The summed E-state index contributed by atoms with van der Waals surface area (Å²) in [6.45, 7) is 3.87. The summed E-state index contributed by atoms with van der Waals surface area (Å²) >= 11 is 6.16. The zero-order chi connectivity index (χ0) is 11.7. The second kappa shape index (κ2) is 4.28. The minimum absolute atomic E-state index is 0.0547. The van der Waals surface area contributed by atoms with Gasteiger partial charge >= 0.3 is 0 Å². The predicted molar refractivity (Wildman–Crippen MR) is 65.9 cm³/mol. The Balaban J connectivity index is 2.42. The second-order valence-corrected chi connectivity index (χ2v) is 4.30.